The monoisotopic (exact) mass is 396 g/mol. The minimum atomic E-state index is -0.508. The normalized spacial score (nSPS) is 14.4. The molecule has 2 aromatic rings. The molecule has 0 unspecified atom stereocenters. The van der Waals surface area contributed by atoms with Crippen molar-refractivity contribution in [3.63, 3.8) is 0 Å². The number of benzene rings is 2. The van der Waals surface area contributed by atoms with Crippen LogP contribution in [0, 0.1) is 0 Å². The SMILES string of the molecule is CCCCc1ccc(NC2=C(Cl)C(=O)N(c3ccc(C(C)C)cc3)C2=O)cc1. The van der Waals surface area contributed by atoms with Crippen LogP contribution in [0.3, 0.4) is 0 Å². The van der Waals surface area contributed by atoms with Crippen LogP contribution in [-0.4, -0.2) is 11.8 Å². The van der Waals surface area contributed by atoms with Gasteiger partial charge in [0, 0.05) is 5.69 Å². The first-order valence-electron chi connectivity index (χ1n) is 9.66. The largest absolute Gasteiger partial charge is 0.350 e. The maximum atomic E-state index is 12.9. The van der Waals surface area contributed by atoms with Crippen molar-refractivity contribution in [2.45, 2.75) is 46.0 Å². The van der Waals surface area contributed by atoms with Crippen molar-refractivity contribution in [2.24, 2.45) is 0 Å². The van der Waals surface area contributed by atoms with Gasteiger partial charge in [-0.2, -0.15) is 0 Å². The summed E-state index contributed by atoms with van der Waals surface area (Å²) in [6.45, 7) is 6.35. The molecular weight excluding hydrogens is 372 g/mol. The molecule has 1 aliphatic rings. The van der Waals surface area contributed by atoms with E-state index >= 15 is 0 Å². The number of nitrogens with one attached hydrogen (secondary N) is 1. The van der Waals surface area contributed by atoms with E-state index in [4.69, 9.17) is 11.6 Å². The third-order valence-corrected chi connectivity index (χ3v) is 5.24. The van der Waals surface area contributed by atoms with E-state index in [1.54, 1.807) is 12.1 Å². The van der Waals surface area contributed by atoms with Gasteiger partial charge in [0.15, 0.2) is 0 Å². The average Bonchev–Trinajstić information content (AvgIpc) is 2.91. The van der Waals surface area contributed by atoms with E-state index < -0.39 is 11.8 Å². The molecule has 0 aliphatic carbocycles. The summed E-state index contributed by atoms with van der Waals surface area (Å²) < 4.78 is 0. The standard InChI is InChI=1S/C23H25ClN2O2/c1-4-5-6-16-7-11-18(12-8-16)25-21-20(24)22(27)26(23(21)28)19-13-9-17(10-14-19)15(2)3/h7-15,25H,4-6H2,1-3H3. The first kappa shape index (κ1) is 20.2. The maximum absolute atomic E-state index is 12.9. The predicted molar refractivity (Wildman–Crippen MR) is 115 cm³/mol. The van der Waals surface area contributed by atoms with E-state index in [2.05, 4.69) is 26.1 Å². The molecule has 1 aliphatic heterocycles. The Kier molecular flexibility index (Phi) is 6.20. The smallest absolute Gasteiger partial charge is 0.283 e. The first-order chi connectivity index (χ1) is 13.4. The van der Waals surface area contributed by atoms with Gasteiger partial charge in [0.25, 0.3) is 11.8 Å². The van der Waals surface area contributed by atoms with Gasteiger partial charge in [-0.15, -0.1) is 0 Å². The third-order valence-electron chi connectivity index (χ3n) is 4.89. The van der Waals surface area contributed by atoms with Crippen LogP contribution in [0.15, 0.2) is 59.3 Å². The van der Waals surface area contributed by atoms with Crippen LogP contribution in [0.1, 0.15) is 50.7 Å². The Morgan fingerprint density at radius 2 is 1.61 bits per heavy atom. The highest BCUT2D eigenvalue weighted by atomic mass is 35.5. The van der Waals surface area contributed by atoms with Crippen molar-refractivity contribution < 1.29 is 9.59 Å². The molecule has 2 aromatic carbocycles. The Bertz CT molecular complexity index is 899. The number of anilines is 2. The fraction of sp³-hybridized carbons (Fsp3) is 0.304. The van der Waals surface area contributed by atoms with Gasteiger partial charge < -0.3 is 5.32 Å². The zero-order valence-electron chi connectivity index (χ0n) is 16.5. The van der Waals surface area contributed by atoms with Gasteiger partial charge in [-0.1, -0.05) is 63.1 Å². The van der Waals surface area contributed by atoms with Gasteiger partial charge in [0.05, 0.1) is 5.69 Å². The summed E-state index contributed by atoms with van der Waals surface area (Å²) in [6, 6.07) is 15.3. The van der Waals surface area contributed by atoms with E-state index in [0.717, 1.165) is 35.4 Å². The zero-order valence-corrected chi connectivity index (χ0v) is 17.2. The third kappa shape index (κ3) is 4.12. The quantitative estimate of drug-likeness (QED) is 0.620. The van der Waals surface area contributed by atoms with Gasteiger partial charge in [-0.25, -0.2) is 4.90 Å². The van der Waals surface area contributed by atoms with Crippen LogP contribution in [-0.2, 0) is 16.0 Å². The number of halogens is 1. The highest BCUT2D eigenvalue weighted by molar-refractivity contribution is 6.53. The topological polar surface area (TPSA) is 49.4 Å². The van der Waals surface area contributed by atoms with Crippen LogP contribution in [0.5, 0.6) is 0 Å². The highest BCUT2D eigenvalue weighted by Gasteiger charge is 2.38. The second kappa shape index (κ2) is 8.61. The lowest BCUT2D eigenvalue weighted by Gasteiger charge is -2.16. The lowest BCUT2D eigenvalue weighted by Crippen LogP contribution is -2.32. The van der Waals surface area contributed by atoms with Crippen molar-refractivity contribution in [3.05, 3.63) is 70.4 Å². The number of rotatable bonds is 7. The molecule has 0 fully saturated rings. The molecule has 2 amide bonds. The molecule has 1 N–H and O–H groups in total. The van der Waals surface area contributed by atoms with Gasteiger partial charge in [-0.3, -0.25) is 9.59 Å². The Balaban J connectivity index is 1.77. The number of carbonyl (C=O) groups excluding carboxylic acids is 2. The molecule has 146 valence electrons. The second-order valence-corrected chi connectivity index (χ2v) is 7.68. The molecule has 1 heterocycles. The van der Waals surface area contributed by atoms with Crippen LogP contribution < -0.4 is 10.2 Å². The van der Waals surface area contributed by atoms with E-state index in [-0.39, 0.29) is 10.7 Å². The Morgan fingerprint density at radius 3 is 2.18 bits per heavy atom. The number of hydrogen-bond acceptors (Lipinski definition) is 3. The second-order valence-electron chi connectivity index (χ2n) is 7.31. The molecule has 28 heavy (non-hydrogen) atoms. The van der Waals surface area contributed by atoms with Gasteiger partial charge >= 0.3 is 0 Å². The predicted octanol–water partition coefficient (Wildman–Crippen LogP) is 5.59. The molecule has 0 bridgehead atoms. The highest BCUT2D eigenvalue weighted by Crippen LogP contribution is 2.31. The summed E-state index contributed by atoms with van der Waals surface area (Å²) in [4.78, 5) is 26.6. The minimum Gasteiger partial charge on any atom is -0.350 e. The van der Waals surface area contributed by atoms with Crippen LogP contribution in [0.2, 0.25) is 0 Å². The minimum absolute atomic E-state index is 0.0898. The number of aryl methyl sites for hydroxylation is 1. The summed E-state index contributed by atoms with van der Waals surface area (Å²) in [7, 11) is 0. The molecule has 0 aromatic heterocycles. The Labute approximate surface area is 171 Å². The summed E-state index contributed by atoms with van der Waals surface area (Å²) in [5, 5.41) is 2.93. The molecule has 0 saturated carbocycles. The molecular formula is C23H25ClN2O2. The lowest BCUT2D eigenvalue weighted by atomic mass is 10.0. The van der Waals surface area contributed by atoms with Crippen molar-refractivity contribution >= 4 is 34.8 Å². The number of nitrogens with zero attached hydrogens (tertiary/aromatic N) is 1. The van der Waals surface area contributed by atoms with Crippen molar-refractivity contribution in [2.75, 3.05) is 10.2 Å². The number of unbranched alkanes of at least 4 members (excludes halogenated alkanes) is 1. The number of amides is 2. The Morgan fingerprint density at radius 1 is 0.964 bits per heavy atom. The van der Waals surface area contributed by atoms with E-state index in [9.17, 15) is 9.59 Å². The van der Waals surface area contributed by atoms with E-state index in [1.165, 1.54) is 5.56 Å². The molecule has 0 atom stereocenters. The number of carbonyl (C=O) groups is 2. The van der Waals surface area contributed by atoms with E-state index in [1.807, 2.05) is 36.4 Å². The summed E-state index contributed by atoms with van der Waals surface area (Å²) in [5.41, 5.74) is 3.74. The summed E-state index contributed by atoms with van der Waals surface area (Å²) in [6.07, 6.45) is 3.31. The molecule has 0 radical (unpaired) electrons. The van der Waals surface area contributed by atoms with Crippen molar-refractivity contribution in [3.8, 4) is 0 Å². The number of hydrogen-bond donors (Lipinski definition) is 1. The van der Waals surface area contributed by atoms with Gasteiger partial charge in [0.2, 0.25) is 0 Å². The van der Waals surface area contributed by atoms with Crippen LogP contribution in [0.4, 0.5) is 11.4 Å². The maximum Gasteiger partial charge on any atom is 0.283 e. The molecule has 3 rings (SSSR count). The fourth-order valence-corrected chi connectivity index (χ4v) is 3.35. The first-order valence-corrected chi connectivity index (χ1v) is 10.0. The molecule has 5 heteroatoms. The molecule has 0 spiro atoms. The average molecular weight is 397 g/mol. The van der Waals surface area contributed by atoms with Crippen LogP contribution >= 0.6 is 11.6 Å². The molecule has 4 nitrogen and oxygen atoms in total. The van der Waals surface area contributed by atoms with Crippen LogP contribution in [0.25, 0.3) is 0 Å². The van der Waals surface area contributed by atoms with E-state index in [0.29, 0.717) is 11.6 Å². The summed E-state index contributed by atoms with van der Waals surface area (Å²) >= 11 is 6.20. The molecule has 0 saturated heterocycles. The van der Waals surface area contributed by atoms with Gasteiger partial charge in [-0.05, 0) is 54.2 Å². The van der Waals surface area contributed by atoms with Crippen molar-refractivity contribution in [1.29, 1.82) is 0 Å². The fourth-order valence-electron chi connectivity index (χ4n) is 3.13. The number of imide groups is 1. The summed E-state index contributed by atoms with van der Waals surface area (Å²) in [5.74, 6) is -0.577. The zero-order chi connectivity index (χ0) is 20.3. The lowest BCUT2D eigenvalue weighted by molar-refractivity contribution is -0.120. The van der Waals surface area contributed by atoms with Gasteiger partial charge in [0.1, 0.15) is 10.7 Å². The van der Waals surface area contributed by atoms with Crippen molar-refractivity contribution in [1.82, 2.24) is 0 Å². The Hall–Kier alpha value is -2.59.